The average molecular weight is 545 g/mol. The Balaban J connectivity index is 1.03. The highest BCUT2D eigenvalue weighted by atomic mass is 16.2. The molecule has 40 heavy (non-hydrogen) atoms. The first kappa shape index (κ1) is 26.1. The largest absolute Gasteiger partial charge is 0.353 e. The molecule has 4 nitrogen and oxygen atoms in total. The van der Waals surface area contributed by atoms with Crippen LogP contribution in [0.15, 0.2) is 23.3 Å². The van der Waals surface area contributed by atoms with Gasteiger partial charge < -0.3 is 10.6 Å². The standard InChI is InChI=1S/C36H52N2O2/c1-33-15-11-26-23(6-10-30-35(26,3)17-13-31(39)38-30)28(33)19-21(20-33)24-7-8-25-22-5-9-29-36(4,18-14-32(40)37-29)27(22)12-16-34(24,25)2/h7,20,22-23,25-30H,5-6,8-19H2,1-4H3,(H,37,40)(H,38,39)/t22-,23+,25-,26-,27-,28-,29?,30?,33+,34+,35+,36+/m0/s1. The van der Waals surface area contributed by atoms with Gasteiger partial charge in [-0.25, -0.2) is 0 Å². The Morgan fingerprint density at radius 3 is 1.88 bits per heavy atom. The lowest BCUT2D eigenvalue weighted by molar-refractivity contribution is -0.135. The van der Waals surface area contributed by atoms with Gasteiger partial charge in [-0.05, 0) is 145 Å². The number of nitrogens with one attached hydrogen (secondary N) is 2. The minimum atomic E-state index is 0.285. The lowest BCUT2D eigenvalue weighted by Crippen LogP contribution is -2.61. The fourth-order valence-electron chi connectivity index (χ4n) is 13.3. The third-order valence-electron chi connectivity index (χ3n) is 15.5. The molecule has 12 atom stereocenters. The molecule has 2 amide bonds. The molecule has 2 heterocycles. The first-order valence-electron chi connectivity index (χ1n) is 17.1. The van der Waals surface area contributed by atoms with E-state index in [1.165, 1.54) is 64.2 Å². The van der Waals surface area contributed by atoms with Gasteiger partial charge in [0.2, 0.25) is 11.8 Å². The molecule has 8 aliphatic rings. The van der Waals surface area contributed by atoms with Gasteiger partial charge in [0.05, 0.1) is 0 Å². The highest BCUT2D eigenvalue weighted by molar-refractivity contribution is 5.78. The summed E-state index contributed by atoms with van der Waals surface area (Å²) in [6.07, 6.45) is 22.0. The van der Waals surface area contributed by atoms with Crippen molar-refractivity contribution in [2.24, 2.45) is 57.2 Å². The van der Waals surface area contributed by atoms with E-state index in [9.17, 15) is 9.59 Å². The van der Waals surface area contributed by atoms with E-state index in [4.69, 9.17) is 0 Å². The SMILES string of the molecule is C[C@@]12C=C(C3=CC[C@H]4[C@@H]5CCC6NC(=O)CC[C@]6(C)[C@H]5CC[C@]34C)C[C@H]1[C@@H]1CCC3NC(=O)CC[C@]3(C)[C@H]1CC2. The molecule has 2 saturated heterocycles. The van der Waals surface area contributed by atoms with Crippen LogP contribution in [0, 0.1) is 57.2 Å². The molecule has 4 heteroatoms. The molecule has 0 bridgehead atoms. The fraction of sp³-hybridized carbons (Fsp3) is 0.833. The third kappa shape index (κ3) is 3.37. The van der Waals surface area contributed by atoms with Crippen molar-refractivity contribution >= 4 is 11.8 Å². The van der Waals surface area contributed by atoms with E-state index >= 15 is 0 Å². The summed E-state index contributed by atoms with van der Waals surface area (Å²) < 4.78 is 0. The number of allylic oxidation sites excluding steroid dienone is 4. The number of carbonyl (C=O) groups is 2. The van der Waals surface area contributed by atoms with Gasteiger partial charge in [-0.3, -0.25) is 9.59 Å². The van der Waals surface area contributed by atoms with Crippen LogP contribution in [-0.2, 0) is 9.59 Å². The van der Waals surface area contributed by atoms with Gasteiger partial charge in [0.1, 0.15) is 0 Å². The van der Waals surface area contributed by atoms with Gasteiger partial charge in [-0.1, -0.05) is 39.8 Å². The predicted octanol–water partition coefficient (Wildman–Crippen LogP) is 7.10. The lowest BCUT2D eigenvalue weighted by Gasteiger charge is -2.60. The van der Waals surface area contributed by atoms with Crippen LogP contribution in [0.4, 0.5) is 0 Å². The van der Waals surface area contributed by atoms with Crippen LogP contribution in [0.3, 0.4) is 0 Å². The van der Waals surface area contributed by atoms with Crippen molar-refractivity contribution in [3.63, 3.8) is 0 Å². The van der Waals surface area contributed by atoms with Crippen molar-refractivity contribution in [3.05, 3.63) is 23.3 Å². The van der Waals surface area contributed by atoms with Crippen LogP contribution in [0.1, 0.15) is 118 Å². The molecule has 6 aliphatic carbocycles. The normalized spacial score (nSPS) is 54.8. The molecular formula is C36H52N2O2. The Hall–Kier alpha value is -1.58. The molecule has 0 aromatic rings. The van der Waals surface area contributed by atoms with Crippen molar-refractivity contribution in [1.29, 1.82) is 0 Å². The fourth-order valence-corrected chi connectivity index (χ4v) is 13.3. The summed E-state index contributed by atoms with van der Waals surface area (Å²) in [7, 11) is 0. The van der Waals surface area contributed by atoms with Crippen molar-refractivity contribution in [3.8, 4) is 0 Å². The summed E-state index contributed by atoms with van der Waals surface area (Å²) in [6, 6.07) is 0.797. The van der Waals surface area contributed by atoms with Crippen molar-refractivity contribution in [2.45, 2.75) is 130 Å². The molecule has 2 unspecified atom stereocenters. The zero-order chi connectivity index (χ0) is 27.7. The lowest BCUT2D eigenvalue weighted by atomic mass is 9.46. The van der Waals surface area contributed by atoms with Crippen LogP contribution < -0.4 is 10.6 Å². The quantitative estimate of drug-likeness (QED) is 0.370. The zero-order valence-corrected chi connectivity index (χ0v) is 25.5. The number of amides is 2. The summed E-state index contributed by atoms with van der Waals surface area (Å²) in [6.45, 7) is 10.3. The smallest absolute Gasteiger partial charge is 0.220 e. The van der Waals surface area contributed by atoms with E-state index < -0.39 is 0 Å². The monoisotopic (exact) mass is 544 g/mol. The van der Waals surface area contributed by atoms with E-state index in [1.807, 2.05) is 0 Å². The van der Waals surface area contributed by atoms with Gasteiger partial charge in [0, 0.05) is 24.9 Å². The van der Waals surface area contributed by atoms with Crippen molar-refractivity contribution in [1.82, 2.24) is 10.6 Å². The molecule has 8 rings (SSSR count). The molecule has 0 spiro atoms. The number of fused-ring (bicyclic) bond motifs is 10. The third-order valence-corrected chi connectivity index (χ3v) is 15.5. The molecule has 4 saturated carbocycles. The topological polar surface area (TPSA) is 58.2 Å². The maximum absolute atomic E-state index is 12.2. The molecule has 2 aliphatic heterocycles. The molecule has 6 fully saturated rings. The van der Waals surface area contributed by atoms with Gasteiger partial charge in [-0.2, -0.15) is 0 Å². The van der Waals surface area contributed by atoms with Crippen LogP contribution in [0.25, 0.3) is 0 Å². The van der Waals surface area contributed by atoms with E-state index in [2.05, 4.69) is 50.5 Å². The van der Waals surface area contributed by atoms with Crippen molar-refractivity contribution < 1.29 is 9.59 Å². The zero-order valence-electron chi connectivity index (χ0n) is 25.5. The summed E-state index contributed by atoms with van der Waals surface area (Å²) >= 11 is 0. The summed E-state index contributed by atoms with van der Waals surface area (Å²) in [5, 5.41) is 6.82. The number of hydrogen-bond donors (Lipinski definition) is 2. The Labute approximate surface area is 242 Å². The van der Waals surface area contributed by atoms with Gasteiger partial charge in [-0.15, -0.1) is 0 Å². The predicted molar refractivity (Wildman–Crippen MR) is 158 cm³/mol. The molecule has 0 aromatic carbocycles. The molecule has 0 aromatic heterocycles. The van der Waals surface area contributed by atoms with Crippen LogP contribution in [-0.4, -0.2) is 23.9 Å². The highest BCUT2D eigenvalue weighted by Crippen LogP contribution is 2.68. The number of hydrogen-bond acceptors (Lipinski definition) is 2. The minimum Gasteiger partial charge on any atom is -0.353 e. The van der Waals surface area contributed by atoms with E-state index in [-0.39, 0.29) is 17.2 Å². The Kier molecular flexibility index (Phi) is 5.54. The number of rotatable bonds is 1. The maximum atomic E-state index is 12.2. The second-order valence-electron chi connectivity index (χ2n) is 16.9. The first-order valence-corrected chi connectivity index (χ1v) is 17.1. The van der Waals surface area contributed by atoms with Crippen LogP contribution in [0.2, 0.25) is 0 Å². The van der Waals surface area contributed by atoms with Gasteiger partial charge in [0.15, 0.2) is 0 Å². The molecule has 2 N–H and O–H groups in total. The number of piperidine rings is 2. The summed E-state index contributed by atoms with van der Waals surface area (Å²) in [5.74, 6) is 5.27. The molecule has 218 valence electrons. The Morgan fingerprint density at radius 1 is 0.675 bits per heavy atom. The summed E-state index contributed by atoms with van der Waals surface area (Å²) in [4.78, 5) is 24.5. The van der Waals surface area contributed by atoms with Crippen molar-refractivity contribution in [2.75, 3.05) is 0 Å². The highest BCUT2D eigenvalue weighted by Gasteiger charge is 2.61. The van der Waals surface area contributed by atoms with E-state index in [1.54, 1.807) is 11.1 Å². The van der Waals surface area contributed by atoms with Crippen LogP contribution in [0.5, 0.6) is 0 Å². The molecule has 0 radical (unpaired) electrons. The van der Waals surface area contributed by atoms with Crippen LogP contribution >= 0.6 is 0 Å². The maximum Gasteiger partial charge on any atom is 0.220 e. The van der Waals surface area contributed by atoms with E-state index in [0.717, 1.165) is 61.2 Å². The van der Waals surface area contributed by atoms with Gasteiger partial charge >= 0.3 is 0 Å². The van der Waals surface area contributed by atoms with Gasteiger partial charge in [0.25, 0.3) is 0 Å². The second-order valence-corrected chi connectivity index (χ2v) is 16.9. The minimum absolute atomic E-state index is 0.285. The molecular weight excluding hydrogens is 492 g/mol. The second kappa shape index (κ2) is 8.50. The van der Waals surface area contributed by atoms with E-state index in [0.29, 0.717) is 28.3 Å². The average Bonchev–Trinajstić information content (AvgIpc) is 3.46. The summed E-state index contributed by atoms with van der Waals surface area (Å²) in [5.41, 5.74) is 4.72. The number of carbonyl (C=O) groups excluding carboxylic acids is 2. The Bertz CT molecular complexity index is 1200. The Morgan fingerprint density at radius 2 is 1.25 bits per heavy atom. The first-order chi connectivity index (χ1) is 19.1.